The minimum Gasteiger partial charge on any atom is -0.495 e. The minimum absolute atomic E-state index is 0.570. The van der Waals surface area contributed by atoms with Crippen molar-refractivity contribution in [3.8, 4) is 5.75 Å². The first-order valence-electron chi connectivity index (χ1n) is 7.38. The van der Waals surface area contributed by atoms with Gasteiger partial charge in [-0.15, -0.1) is 0 Å². The van der Waals surface area contributed by atoms with Gasteiger partial charge in [0.1, 0.15) is 5.75 Å². The van der Waals surface area contributed by atoms with E-state index in [0.29, 0.717) is 12.0 Å². The van der Waals surface area contributed by atoms with Crippen LogP contribution >= 0.6 is 0 Å². The third-order valence-corrected chi connectivity index (χ3v) is 4.79. The molecule has 0 atom stereocenters. The third-order valence-electron chi connectivity index (χ3n) is 4.79. The highest BCUT2D eigenvalue weighted by Gasteiger charge is 2.43. The Morgan fingerprint density at radius 2 is 1.95 bits per heavy atom. The lowest BCUT2D eigenvalue weighted by molar-refractivity contribution is 0.139. The molecular weight excluding hydrogens is 236 g/mol. The van der Waals surface area contributed by atoms with Crippen LogP contribution in [0, 0.1) is 5.41 Å². The van der Waals surface area contributed by atoms with Crippen molar-refractivity contribution in [1.29, 1.82) is 0 Å². The van der Waals surface area contributed by atoms with E-state index in [1.165, 1.54) is 50.9 Å². The molecule has 1 aromatic carbocycles. The summed E-state index contributed by atoms with van der Waals surface area (Å²) in [5, 5.41) is 0. The fourth-order valence-corrected chi connectivity index (χ4v) is 3.66. The quantitative estimate of drug-likeness (QED) is 0.908. The molecule has 1 saturated heterocycles. The number of anilines is 1. The number of ether oxygens (including phenoxy) is 1. The van der Waals surface area contributed by atoms with Crippen molar-refractivity contribution in [2.75, 3.05) is 25.1 Å². The van der Waals surface area contributed by atoms with Crippen molar-refractivity contribution >= 4 is 5.69 Å². The predicted molar refractivity (Wildman–Crippen MR) is 78.6 cm³/mol. The van der Waals surface area contributed by atoms with Gasteiger partial charge in [0.05, 0.1) is 12.8 Å². The molecule has 1 saturated carbocycles. The first-order valence-corrected chi connectivity index (χ1v) is 7.38. The molecular formula is C16H24N2O. The van der Waals surface area contributed by atoms with Crippen LogP contribution in [0.1, 0.15) is 37.7 Å². The monoisotopic (exact) mass is 260 g/mol. The van der Waals surface area contributed by atoms with Crippen LogP contribution in [0.2, 0.25) is 0 Å². The first-order chi connectivity index (χ1) is 9.26. The number of nitrogens with two attached hydrogens (primary N) is 1. The van der Waals surface area contributed by atoms with E-state index in [1.807, 2.05) is 0 Å². The summed E-state index contributed by atoms with van der Waals surface area (Å²) in [5.41, 5.74) is 8.66. The van der Waals surface area contributed by atoms with Gasteiger partial charge in [-0.1, -0.05) is 25.3 Å². The van der Waals surface area contributed by atoms with Crippen molar-refractivity contribution in [2.24, 2.45) is 11.1 Å². The molecule has 0 bridgehead atoms. The van der Waals surface area contributed by atoms with E-state index in [1.54, 1.807) is 7.11 Å². The molecule has 1 spiro atoms. The molecule has 19 heavy (non-hydrogen) atoms. The molecule has 3 heteroatoms. The summed E-state index contributed by atoms with van der Waals surface area (Å²) in [5.74, 6) is 0.966. The molecule has 2 aliphatic rings. The topological polar surface area (TPSA) is 38.5 Å². The van der Waals surface area contributed by atoms with Crippen LogP contribution in [0.5, 0.6) is 5.75 Å². The van der Waals surface area contributed by atoms with Crippen molar-refractivity contribution in [3.63, 3.8) is 0 Å². The van der Waals surface area contributed by atoms with Gasteiger partial charge in [0.15, 0.2) is 0 Å². The Morgan fingerprint density at radius 3 is 2.58 bits per heavy atom. The van der Waals surface area contributed by atoms with Gasteiger partial charge >= 0.3 is 0 Å². The molecule has 0 aromatic heterocycles. The number of hydrogen-bond acceptors (Lipinski definition) is 3. The maximum atomic E-state index is 5.69. The van der Waals surface area contributed by atoms with Crippen LogP contribution in [0.4, 0.5) is 5.69 Å². The SMILES string of the molecule is COc1cc(CN)ccc1N1CC2(CCCCC2)C1. The van der Waals surface area contributed by atoms with E-state index in [4.69, 9.17) is 10.5 Å². The largest absolute Gasteiger partial charge is 0.495 e. The van der Waals surface area contributed by atoms with Crippen molar-refractivity contribution in [2.45, 2.75) is 38.6 Å². The summed E-state index contributed by atoms with van der Waals surface area (Å²) in [6, 6.07) is 6.35. The summed E-state index contributed by atoms with van der Waals surface area (Å²) in [4.78, 5) is 2.46. The summed E-state index contributed by atoms with van der Waals surface area (Å²) in [7, 11) is 1.75. The Balaban J connectivity index is 1.74. The second-order valence-corrected chi connectivity index (χ2v) is 6.13. The van der Waals surface area contributed by atoms with E-state index >= 15 is 0 Å². The lowest BCUT2D eigenvalue weighted by Crippen LogP contribution is -2.57. The molecule has 0 radical (unpaired) electrons. The second kappa shape index (κ2) is 5.04. The third kappa shape index (κ3) is 2.32. The number of nitrogens with zero attached hydrogens (tertiary/aromatic N) is 1. The van der Waals surface area contributed by atoms with Gasteiger partial charge in [0.2, 0.25) is 0 Å². The average Bonchev–Trinajstić information content (AvgIpc) is 2.45. The molecule has 1 heterocycles. The van der Waals surface area contributed by atoms with Gasteiger partial charge in [-0.05, 0) is 30.5 Å². The van der Waals surface area contributed by atoms with Gasteiger partial charge in [0.25, 0.3) is 0 Å². The Morgan fingerprint density at radius 1 is 1.21 bits per heavy atom. The van der Waals surface area contributed by atoms with Gasteiger partial charge in [-0.3, -0.25) is 0 Å². The van der Waals surface area contributed by atoms with Crippen molar-refractivity contribution in [3.05, 3.63) is 23.8 Å². The fourth-order valence-electron chi connectivity index (χ4n) is 3.66. The molecule has 1 aromatic rings. The summed E-state index contributed by atoms with van der Waals surface area (Å²) in [6.45, 7) is 2.97. The average molecular weight is 260 g/mol. The lowest BCUT2D eigenvalue weighted by Gasteiger charge is -2.53. The first kappa shape index (κ1) is 12.8. The molecule has 2 N–H and O–H groups in total. The van der Waals surface area contributed by atoms with Crippen LogP contribution in [-0.4, -0.2) is 20.2 Å². The molecule has 0 amide bonds. The summed E-state index contributed by atoms with van der Waals surface area (Å²) in [6.07, 6.45) is 7.07. The Hall–Kier alpha value is -1.22. The van der Waals surface area contributed by atoms with Gasteiger partial charge in [0, 0.05) is 25.0 Å². The molecule has 1 aliphatic heterocycles. The zero-order valence-electron chi connectivity index (χ0n) is 11.8. The van der Waals surface area contributed by atoms with E-state index < -0.39 is 0 Å². The number of rotatable bonds is 3. The highest BCUT2D eigenvalue weighted by Crippen LogP contribution is 2.47. The molecule has 0 unspecified atom stereocenters. The zero-order chi connectivity index (χ0) is 13.3. The highest BCUT2D eigenvalue weighted by molar-refractivity contribution is 5.62. The predicted octanol–water partition coefficient (Wildman–Crippen LogP) is 2.92. The van der Waals surface area contributed by atoms with Crippen molar-refractivity contribution in [1.82, 2.24) is 0 Å². The number of methoxy groups -OCH3 is 1. The Kier molecular flexibility index (Phi) is 3.40. The molecule has 3 nitrogen and oxygen atoms in total. The number of benzene rings is 1. The van der Waals surface area contributed by atoms with Crippen molar-refractivity contribution < 1.29 is 4.74 Å². The normalized spacial score (nSPS) is 21.3. The smallest absolute Gasteiger partial charge is 0.142 e. The van der Waals surface area contributed by atoms with Gasteiger partial charge < -0.3 is 15.4 Å². The Labute approximate surface area is 115 Å². The maximum absolute atomic E-state index is 5.69. The molecule has 3 rings (SSSR count). The van der Waals surface area contributed by atoms with Gasteiger partial charge in [-0.2, -0.15) is 0 Å². The fraction of sp³-hybridized carbons (Fsp3) is 0.625. The van der Waals surface area contributed by atoms with Crippen LogP contribution in [0.25, 0.3) is 0 Å². The minimum atomic E-state index is 0.570. The van der Waals surface area contributed by atoms with Crippen LogP contribution in [0.3, 0.4) is 0 Å². The summed E-state index contributed by atoms with van der Waals surface area (Å²) < 4.78 is 5.52. The standard InChI is InChI=1S/C16H24N2O/c1-19-15-9-13(10-17)5-6-14(15)18-11-16(12-18)7-3-2-4-8-16/h5-6,9H,2-4,7-8,10-12,17H2,1H3. The van der Waals surface area contributed by atoms with E-state index in [9.17, 15) is 0 Å². The van der Waals surface area contributed by atoms with E-state index in [2.05, 4.69) is 23.1 Å². The molecule has 104 valence electrons. The lowest BCUT2D eigenvalue weighted by atomic mass is 9.68. The zero-order valence-corrected chi connectivity index (χ0v) is 11.8. The van der Waals surface area contributed by atoms with Crippen LogP contribution < -0.4 is 15.4 Å². The highest BCUT2D eigenvalue weighted by atomic mass is 16.5. The van der Waals surface area contributed by atoms with Gasteiger partial charge in [-0.25, -0.2) is 0 Å². The van der Waals surface area contributed by atoms with Crippen LogP contribution in [0.15, 0.2) is 18.2 Å². The van der Waals surface area contributed by atoms with Crippen LogP contribution in [-0.2, 0) is 6.54 Å². The molecule has 2 fully saturated rings. The number of hydrogen-bond donors (Lipinski definition) is 1. The maximum Gasteiger partial charge on any atom is 0.142 e. The Bertz CT molecular complexity index is 444. The van der Waals surface area contributed by atoms with E-state index in [0.717, 1.165) is 11.3 Å². The van der Waals surface area contributed by atoms with E-state index in [-0.39, 0.29) is 0 Å². The molecule has 1 aliphatic carbocycles. The second-order valence-electron chi connectivity index (χ2n) is 6.13. The summed E-state index contributed by atoms with van der Waals surface area (Å²) >= 11 is 0.